The molecule has 2 amide bonds. The molecule has 5 heteroatoms. The molecule has 0 bridgehead atoms. The Kier molecular flexibility index (Phi) is 4.93. The van der Waals surface area contributed by atoms with Gasteiger partial charge in [0.2, 0.25) is 11.8 Å². The Labute approximate surface area is 103 Å². The molecule has 0 saturated carbocycles. The molecule has 1 rings (SSSR count). The lowest BCUT2D eigenvalue weighted by Gasteiger charge is -2.23. The fourth-order valence-corrected chi connectivity index (χ4v) is 1.98. The number of nitrogens with one attached hydrogen (secondary N) is 1. The SMILES string of the molecule is CC(=O)NC[C@H]1CCN(C(=O)[C@@H](N)C(C)C)C1. The van der Waals surface area contributed by atoms with Gasteiger partial charge in [-0.15, -0.1) is 0 Å². The van der Waals surface area contributed by atoms with Crippen LogP contribution in [0.2, 0.25) is 0 Å². The van der Waals surface area contributed by atoms with E-state index in [-0.39, 0.29) is 17.7 Å². The first-order valence-corrected chi connectivity index (χ1v) is 6.20. The molecule has 0 spiro atoms. The molecule has 98 valence electrons. The van der Waals surface area contributed by atoms with Crippen molar-refractivity contribution >= 4 is 11.8 Å². The summed E-state index contributed by atoms with van der Waals surface area (Å²) in [5.41, 5.74) is 5.85. The van der Waals surface area contributed by atoms with Gasteiger partial charge in [-0.3, -0.25) is 9.59 Å². The maximum absolute atomic E-state index is 12.0. The molecule has 1 fully saturated rings. The molecule has 1 aliphatic rings. The van der Waals surface area contributed by atoms with E-state index < -0.39 is 6.04 Å². The van der Waals surface area contributed by atoms with Crippen LogP contribution in [0.4, 0.5) is 0 Å². The van der Waals surface area contributed by atoms with E-state index in [1.165, 1.54) is 6.92 Å². The second-order valence-corrected chi connectivity index (χ2v) is 5.15. The highest BCUT2D eigenvalue weighted by Crippen LogP contribution is 2.17. The van der Waals surface area contributed by atoms with Crippen LogP contribution >= 0.6 is 0 Å². The fourth-order valence-electron chi connectivity index (χ4n) is 1.98. The first kappa shape index (κ1) is 14.0. The van der Waals surface area contributed by atoms with Crippen molar-refractivity contribution in [3.63, 3.8) is 0 Å². The highest BCUT2D eigenvalue weighted by atomic mass is 16.2. The summed E-state index contributed by atoms with van der Waals surface area (Å²) in [6.07, 6.45) is 0.941. The van der Waals surface area contributed by atoms with Gasteiger partial charge < -0.3 is 16.0 Å². The van der Waals surface area contributed by atoms with Gasteiger partial charge in [0.15, 0.2) is 0 Å². The minimum Gasteiger partial charge on any atom is -0.356 e. The van der Waals surface area contributed by atoms with Gasteiger partial charge in [-0.2, -0.15) is 0 Å². The summed E-state index contributed by atoms with van der Waals surface area (Å²) in [5, 5.41) is 2.79. The van der Waals surface area contributed by atoms with Gasteiger partial charge in [-0.05, 0) is 18.3 Å². The summed E-state index contributed by atoms with van der Waals surface area (Å²) in [4.78, 5) is 24.6. The van der Waals surface area contributed by atoms with E-state index in [0.29, 0.717) is 19.0 Å². The lowest BCUT2D eigenvalue weighted by Crippen LogP contribution is -2.45. The van der Waals surface area contributed by atoms with Crippen LogP contribution < -0.4 is 11.1 Å². The zero-order valence-electron chi connectivity index (χ0n) is 10.9. The van der Waals surface area contributed by atoms with E-state index in [2.05, 4.69) is 5.32 Å². The van der Waals surface area contributed by atoms with Crippen LogP contribution in [0.3, 0.4) is 0 Å². The zero-order chi connectivity index (χ0) is 13.0. The Hall–Kier alpha value is -1.10. The average molecular weight is 241 g/mol. The van der Waals surface area contributed by atoms with Crippen LogP contribution in [-0.4, -0.2) is 42.4 Å². The van der Waals surface area contributed by atoms with E-state index in [9.17, 15) is 9.59 Å². The molecule has 0 radical (unpaired) electrons. The number of nitrogens with zero attached hydrogens (tertiary/aromatic N) is 1. The Bertz CT molecular complexity index is 291. The summed E-state index contributed by atoms with van der Waals surface area (Å²) in [6.45, 7) is 7.52. The number of carbonyl (C=O) groups excluding carboxylic acids is 2. The van der Waals surface area contributed by atoms with E-state index in [1.54, 1.807) is 0 Å². The normalized spacial score (nSPS) is 21.7. The van der Waals surface area contributed by atoms with Crippen molar-refractivity contribution in [3.8, 4) is 0 Å². The molecule has 3 N–H and O–H groups in total. The Morgan fingerprint density at radius 3 is 2.65 bits per heavy atom. The van der Waals surface area contributed by atoms with E-state index in [1.807, 2.05) is 18.7 Å². The standard InChI is InChI=1S/C12H23N3O2/c1-8(2)11(13)12(17)15-5-4-10(7-15)6-14-9(3)16/h8,10-11H,4-7,13H2,1-3H3,(H,14,16)/t10-,11+/m1/s1. The van der Waals surface area contributed by atoms with E-state index >= 15 is 0 Å². The van der Waals surface area contributed by atoms with Crippen LogP contribution in [0, 0.1) is 11.8 Å². The van der Waals surface area contributed by atoms with E-state index in [4.69, 9.17) is 5.73 Å². The van der Waals surface area contributed by atoms with Crippen LogP contribution in [0.25, 0.3) is 0 Å². The van der Waals surface area contributed by atoms with Gasteiger partial charge in [0.1, 0.15) is 0 Å². The van der Waals surface area contributed by atoms with Gasteiger partial charge >= 0.3 is 0 Å². The maximum Gasteiger partial charge on any atom is 0.239 e. The third-order valence-corrected chi connectivity index (χ3v) is 3.24. The van der Waals surface area contributed by atoms with Crippen molar-refractivity contribution < 1.29 is 9.59 Å². The Morgan fingerprint density at radius 1 is 1.47 bits per heavy atom. The minimum absolute atomic E-state index is 0.0198. The molecular formula is C12H23N3O2. The molecule has 0 aromatic heterocycles. The summed E-state index contributed by atoms with van der Waals surface area (Å²) in [6, 6.07) is -0.408. The van der Waals surface area contributed by atoms with Crippen LogP contribution in [0.15, 0.2) is 0 Å². The topological polar surface area (TPSA) is 75.4 Å². The number of rotatable bonds is 4. The number of nitrogens with two attached hydrogens (primary N) is 1. The second kappa shape index (κ2) is 6.00. The van der Waals surface area contributed by atoms with Crippen molar-refractivity contribution in [1.29, 1.82) is 0 Å². The predicted molar refractivity (Wildman–Crippen MR) is 66.2 cm³/mol. The summed E-state index contributed by atoms with van der Waals surface area (Å²) < 4.78 is 0. The van der Waals surface area contributed by atoms with Gasteiger partial charge in [-0.1, -0.05) is 13.8 Å². The molecule has 0 unspecified atom stereocenters. The molecule has 0 aromatic carbocycles. The first-order valence-electron chi connectivity index (χ1n) is 6.20. The van der Waals surface area contributed by atoms with Gasteiger partial charge in [0.05, 0.1) is 6.04 Å². The fraction of sp³-hybridized carbons (Fsp3) is 0.833. The third-order valence-electron chi connectivity index (χ3n) is 3.24. The smallest absolute Gasteiger partial charge is 0.239 e. The average Bonchev–Trinajstić information content (AvgIpc) is 2.72. The molecule has 1 heterocycles. The Morgan fingerprint density at radius 2 is 2.12 bits per heavy atom. The highest BCUT2D eigenvalue weighted by Gasteiger charge is 2.30. The maximum atomic E-state index is 12.0. The van der Waals surface area contributed by atoms with Gasteiger partial charge in [-0.25, -0.2) is 0 Å². The van der Waals surface area contributed by atoms with Crippen molar-refractivity contribution in [3.05, 3.63) is 0 Å². The van der Waals surface area contributed by atoms with Crippen LogP contribution in [0.5, 0.6) is 0 Å². The zero-order valence-corrected chi connectivity index (χ0v) is 10.9. The number of amides is 2. The lowest BCUT2D eigenvalue weighted by molar-refractivity contribution is -0.132. The number of likely N-dealkylation sites (tertiary alicyclic amines) is 1. The van der Waals surface area contributed by atoms with Gasteiger partial charge in [0.25, 0.3) is 0 Å². The molecular weight excluding hydrogens is 218 g/mol. The van der Waals surface area contributed by atoms with Crippen molar-refractivity contribution in [2.45, 2.75) is 33.2 Å². The highest BCUT2D eigenvalue weighted by molar-refractivity contribution is 5.82. The molecule has 0 aromatic rings. The minimum atomic E-state index is -0.408. The first-order chi connectivity index (χ1) is 7.91. The molecule has 0 aliphatic carbocycles. The molecule has 2 atom stereocenters. The molecule has 5 nitrogen and oxygen atoms in total. The van der Waals surface area contributed by atoms with Gasteiger partial charge in [0, 0.05) is 26.6 Å². The van der Waals surface area contributed by atoms with Crippen molar-refractivity contribution in [2.24, 2.45) is 17.6 Å². The molecule has 1 aliphatic heterocycles. The lowest BCUT2D eigenvalue weighted by atomic mass is 10.0. The summed E-state index contributed by atoms with van der Waals surface area (Å²) in [5.74, 6) is 0.540. The number of carbonyl (C=O) groups is 2. The number of hydrogen-bond donors (Lipinski definition) is 2. The van der Waals surface area contributed by atoms with Crippen LogP contribution in [0.1, 0.15) is 27.2 Å². The predicted octanol–water partition coefficient (Wildman–Crippen LogP) is -0.0457. The quantitative estimate of drug-likeness (QED) is 0.725. The summed E-state index contributed by atoms with van der Waals surface area (Å²) >= 11 is 0. The number of hydrogen-bond acceptors (Lipinski definition) is 3. The summed E-state index contributed by atoms with van der Waals surface area (Å²) in [7, 11) is 0. The Balaban J connectivity index is 2.39. The van der Waals surface area contributed by atoms with Crippen molar-refractivity contribution in [1.82, 2.24) is 10.2 Å². The van der Waals surface area contributed by atoms with Crippen LogP contribution in [-0.2, 0) is 9.59 Å². The molecule has 17 heavy (non-hydrogen) atoms. The van der Waals surface area contributed by atoms with Crippen molar-refractivity contribution in [2.75, 3.05) is 19.6 Å². The largest absolute Gasteiger partial charge is 0.356 e. The second-order valence-electron chi connectivity index (χ2n) is 5.15. The molecule has 1 saturated heterocycles. The third kappa shape index (κ3) is 4.00. The van der Waals surface area contributed by atoms with E-state index in [0.717, 1.165) is 13.0 Å². The monoisotopic (exact) mass is 241 g/mol.